The number of hydrogen-bond donors (Lipinski definition) is 0. The summed E-state index contributed by atoms with van der Waals surface area (Å²) >= 11 is 8.51. The number of rotatable bonds is 12. The van der Waals surface area contributed by atoms with Crippen molar-refractivity contribution >= 4 is 45.8 Å². The number of unbranched alkanes of at least 4 members (excludes halogenated alkanes) is 7. The molecule has 0 saturated heterocycles. The van der Waals surface area contributed by atoms with E-state index in [4.69, 9.17) is 30.5 Å². The molecule has 1 heterocycles. The van der Waals surface area contributed by atoms with Gasteiger partial charge in [0.05, 0.1) is 24.4 Å². The number of halogens is 2. The van der Waals surface area contributed by atoms with Crippen LogP contribution < -0.4 is 14.2 Å². The molecule has 6 nitrogen and oxygen atoms in total. The standard InChI is InChI=1S/C26H34ClIO6/c1-5-6-7-8-9-10-11-12-13-33-25-22(28)17(29)14-16(2)26(25)24(30)20-18(31-3)15-19(32-4)21(27)23(20)34-26/h15-16H,5-14H2,1-4H3/t16-,26-/m1/s1. The van der Waals surface area contributed by atoms with Crippen molar-refractivity contribution in [2.45, 2.75) is 77.2 Å². The molecule has 0 bridgehead atoms. The Kier molecular flexibility index (Phi) is 9.55. The molecule has 1 aliphatic carbocycles. The van der Waals surface area contributed by atoms with Gasteiger partial charge in [-0.2, -0.15) is 0 Å². The smallest absolute Gasteiger partial charge is 0.232 e. The molecule has 3 rings (SSSR count). The third-order valence-corrected chi connectivity index (χ3v) is 8.08. The highest BCUT2D eigenvalue weighted by Gasteiger charge is 2.61. The second-order valence-corrected chi connectivity index (χ2v) is 10.4. The average molecular weight is 605 g/mol. The van der Waals surface area contributed by atoms with Gasteiger partial charge >= 0.3 is 0 Å². The normalized spacial score (nSPS) is 21.6. The van der Waals surface area contributed by atoms with Crippen LogP contribution in [0.2, 0.25) is 5.02 Å². The van der Waals surface area contributed by atoms with Crippen LogP contribution in [-0.2, 0) is 9.53 Å². The lowest BCUT2D eigenvalue weighted by molar-refractivity contribution is -0.118. The summed E-state index contributed by atoms with van der Waals surface area (Å²) in [6.45, 7) is 4.47. The van der Waals surface area contributed by atoms with Gasteiger partial charge < -0.3 is 18.9 Å². The monoisotopic (exact) mass is 604 g/mol. The van der Waals surface area contributed by atoms with Gasteiger partial charge in [0.15, 0.2) is 17.3 Å². The maximum absolute atomic E-state index is 13.9. The van der Waals surface area contributed by atoms with E-state index in [1.54, 1.807) is 6.07 Å². The molecule has 0 radical (unpaired) electrons. The lowest BCUT2D eigenvalue weighted by atomic mass is 9.75. The minimum atomic E-state index is -1.45. The summed E-state index contributed by atoms with van der Waals surface area (Å²) in [5.74, 6) is 0.385. The van der Waals surface area contributed by atoms with Gasteiger partial charge in [-0.15, -0.1) is 0 Å². The number of methoxy groups -OCH3 is 2. The molecule has 0 aromatic heterocycles. The predicted molar refractivity (Wildman–Crippen MR) is 141 cm³/mol. The number of carbonyl (C=O) groups is 2. The molecule has 2 aliphatic rings. The number of hydrogen-bond acceptors (Lipinski definition) is 6. The van der Waals surface area contributed by atoms with Gasteiger partial charge in [0, 0.05) is 18.4 Å². The van der Waals surface area contributed by atoms with Crippen molar-refractivity contribution in [3.8, 4) is 17.2 Å². The minimum absolute atomic E-state index is 0.0485. The van der Waals surface area contributed by atoms with Gasteiger partial charge in [-0.1, -0.05) is 70.4 Å². The Morgan fingerprint density at radius 1 is 1.06 bits per heavy atom. The largest absolute Gasteiger partial charge is 0.496 e. The van der Waals surface area contributed by atoms with Gasteiger partial charge in [-0.25, -0.2) is 0 Å². The van der Waals surface area contributed by atoms with Crippen molar-refractivity contribution in [3.05, 3.63) is 26.0 Å². The zero-order valence-electron chi connectivity index (χ0n) is 20.4. The Morgan fingerprint density at radius 2 is 1.68 bits per heavy atom. The van der Waals surface area contributed by atoms with E-state index in [2.05, 4.69) is 6.92 Å². The van der Waals surface area contributed by atoms with Gasteiger partial charge in [-0.3, -0.25) is 9.59 Å². The van der Waals surface area contributed by atoms with Crippen LogP contribution in [0.4, 0.5) is 0 Å². The van der Waals surface area contributed by atoms with Crippen LogP contribution in [0, 0.1) is 5.92 Å². The number of carbonyl (C=O) groups excluding carboxylic acids is 2. The summed E-state index contributed by atoms with van der Waals surface area (Å²) in [5, 5.41) is 0.199. The topological polar surface area (TPSA) is 71.1 Å². The van der Waals surface area contributed by atoms with Crippen molar-refractivity contribution in [1.82, 2.24) is 0 Å². The Labute approximate surface area is 220 Å². The fraction of sp³-hybridized carbons (Fsp3) is 0.615. The highest BCUT2D eigenvalue weighted by Crippen LogP contribution is 2.55. The van der Waals surface area contributed by atoms with Crippen LogP contribution in [0.1, 0.15) is 82.0 Å². The molecular formula is C26H34ClIO6. The summed E-state index contributed by atoms with van der Waals surface area (Å²) in [4.78, 5) is 26.6. The fourth-order valence-corrected chi connectivity index (χ4v) is 5.72. The van der Waals surface area contributed by atoms with E-state index in [0.29, 0.717) is 21.7 Å². The molecule has 0 saturated carbocycles. The van der Waals surface area contributed by atoms with Gasteiger partial charge in [0.1, 0.15) is 22.1 Å². The molecule has 0 fully saturated rings. The first kappa shape index (κ1) is 27.1. The second kappa shape index (κ2) is 12.0. The molecule has 1 aliphatic heterocycles. The summed E-state index contributed by atoms with van der Waals surface area (Å²) in [7, 11) is 2.97. The highest BCUT2D eigenvalue weighted by molar-refractivity contribution is 14.1. The molecule has 188 valence electrons. The van der Waals surface area contributed by atoms with E-state index in [1.165, 1.54) is 46.3 Å². The van der Waals surface area contributed by atoms with E-state index in [9.17, 15) is 9.59 Å². The number of ketones is 2. The van der Waals surface area contributed by atoms with Crippen molar-refractivity contribution in [2.24, 2.45) is 5.92 Å². The van der Waals surface area contributed by atoms with Crippen molar-refractivity contribution in [3.63, 3.8) is 0 Å². The van der Waals surface area contributed by atoms with E-state index < -0.39 is 11.5 Å². The molecule has 0 N–H and O–H groups in total. The number of benzene rings is 1. The number of fused-ring (bicyclic) bond motifs is 1. The van der Waals surface area contributed by atoms with Crippen LogP contribution in [-0.4, -0.2) is 38.0 Å². The summed E-state index contributed by atoms with van der Waals surface area (Å²) < 4.78 is 23.8. The van der Waals surface area contributed by atoms with Crippen LogP contribution in [0.15, 0.2) is 15.4 Å². The number of allylic oxidation sites excluding steroid dienone is 1. The van der Waals surface area contributed by atoms with Gasteiger partial charge in [0.2, 0.25) is 11.4 Å². The summed E-state index contributed by atoms with van der Waals surface area (Å²) in [5.41, 5.74) is -1.19. The SMILES string of the molecule is CCCCCCCCCCOC1=C(I)C(=O)C[C@@H](C)[C@]12Oc1c(Cl)c(OC)cc(OC)c1C2=O. The Hall–Kier alpha value is -1.48. The molecule has 1 aromatic carbocycles. The van der Waals surface area contributed by atoms with Gasteiger partial charge in [-0.05, 0) is 29.0 Å². The van der Waals surface area contributed by atoms with Crippen LogP contribution >= 0.6 is 34.2 Å². The molecule has 34 heavy (non-hydrogen) atoms. The third-order valence-electron chi connectivity index (χ3n) is 6.63. The zero-order chi connectivity index (χ0) is 24.9. The van der Waals surface area contributed by atoms with Crippen molar-refractivity contribution in [2.75, 3.05) is 20.8 Å². The number of ether oxygens (including phenoxy) is 4. The first-order chi connectivity index (χ1) is 16.3. The second-order valence-electron chi connectivity index (χ2n) is 8.96. The Bertz CT molecular complexity index is 959. The quantitative estimate of drug-likeness (QED) is 0.188. The minimum Gasteiger partial charge on any atom is -0.496 e. The molecule has 1 aromatic rings. The average Bonchev–Trinajstić information content (AvgIpc) is 3.13. The van der Waals surface area contributed by atoms with E-state index >= 15 is 0 Å². The molecule has 1 spiro atoms. The fourth-order valence-electron chi connectivity index (χ4n) is 4.68. The third kappa shape index (κ3) is 5.06. The molecule has 8 heteroatoms. The van der Waals surface area contributed by atoms with Crippen LogP contribution in [0.25, 0.3) is 0 Å². The molecule has 0 amide bonds. The first-order valence-corrected chi connectivity index (χ1v) is 13.5. The maximum atomic E-state index is 13.9. The van der Waals surface area contributed by atoms with Crippen molar-refractivity contribution < 1.29 is 28.5 Å². The van der Waals surface area contributed by atoms with Crippen molar-refractivity contribution in [1.29, 1.82) is 0 Å². The Morgan fingerprint density at radius 3 is 2.29 bits per heavy atom. The summed E-state index contributed by atoms with van der Waals surface area (Å²) in [6.07, 6.45) is 9.53. The zero-order valence-corrected chi connectivity index (χ0v) is 23.3. The Balaban J connectivity index is 1.82. The number of Topliss-reactive ketones (excluding diaryl/α,β-unsaturated/α-hetero) is 2. The molecular weight excluding hydrogens is 571 g/mol. The van der Waals surface area contributed by atoms with Crippen LogP contribution in [0.5, 0.6) is 17.2 Å². The van der Waals surface area contributed by atoms with E-state index in [-0.39, 0.29) is 40.1 Å². The van der Waals surface area contributed by atoms with E-state index in [0.717, 1.165) is 19.3 Å². The predicted octanol–water partition coefficient (Wildman–Crippen LogP) is 7.08. The highest BCUT2D eigenvalue weighted by atomic mass is 127. The summed E-state index contributed by atoms with van der Waals surface area (Å²) in [6, 6.07) is 1.58. The van der Waals surface area contributed by atoms with E-state index in [1.807, 2.05) is 29.5 Å². The lowest BCUT2D eigenvalue weighted by Crippen LogP contribution is -2.52. The molecule has 2 atom stereocenters. The molecule has 0 unspecified atom stereocenters. The maximum Gasteiger partial charge on any atom is 0.232 e. The van der Waals surface area contributed by atoms with Gasteiger partial charge in [0.25, 0.3) is 0 Å². The first-order valence-electron chi connectivity index (χ1n) is 12.1. The lowest BCUT2D eigenvalue weighted by Gasteiger charge is -2.38. The van der Waals surface area contributed by atoms with Crippen LogP contribution in [0.3, 0.4) is 0 Å².